The van der Waals surface area contributed by atoms with Crippen LogP contribution in [0.15, 0.2) is 77.2 Å². The van der Waals surface area contributed by atoms with Gasteiger partial charge in [-0.2, -0.15) is 5.10 Å². The molecule has 1 saturated heterocycles. The molecule has 0 aliphatic carbocycles. The van der Waals surface area contributed by atoms with E-state index < -0.39 is 4.92 Å². The lowest BCUT2D eigenvalue weighted by Crippen LogP contribution is -2.48. The number of piperazine rings is 1. The van der Waals surface area contributed by atoms with Crippen LogP contribution < -0.4 is 0 Å². The number of hydrogen-bond acceptors (Lipinski definition) is 6. The molecule has 9 nitrogen and oxygen atoms in total. The van der Waals surface area contributed by atoms with Gasteiger partial charge in [0.25, 0.3) is 11.6 Å². The number of furan rings is 1. The van der Waals surface area contributed by atoms with Crippen LogP contribution in [-0.2, 0) is 6.54 Å². The zero-order valence-electron chi connectivity index (χ0n) is 19.3. The number of aromatic nitrogens is 2. The van der Waals surface area contributed by atoms with Crippen molar-refractivity contribution in [3.05, 3.63) is 99.9 Å². The molecule has 1 amide bonds. The second kappa shape index (κ2) is 9.55. The van der Waals surface area contributed by atoms with Gasteiger partial charge in [-0.25, -0.2) is 4.68 Å². The molecule has 1 aliphatic heterocycles. The Hall–Kier alpha value is -4.24. The Morgan fingerprint density at radius 1 is 1.00 bits per heavy atom. The molecule has 0 bridgehead atoms. The van der Waals surface area contributed by atoms with Gasteiger partial charge in [0.05, 0.1) is 10.6 Å². The Labute approximate surface area is 202 Å². The second-order valence-electron chi connectivity index (χ2n) is 8.57. The predicted molar refractivity (Wildman–Crippen MR) is 130 cm³/mol. The van der Waals surface area contributed by atoms with Gasteiger partial charge in [0.15, 0.2) is 5.76 Å². The predicted octanol–water partition coefficient (Wildman–Crippen LogP) is 4.31. The molecule has 2 aromatic carbocycles. The van der Waals surface area contributed by atoms with Gasteiger partial charge in [-0.15, -0.1) is 0 Å². The van der Waals surface area contributed by atoms with Gasteiger partial charge in [-0.05, 0) is 30.7 Å². The Morgan fingerprint density at radius 3 is 2.46 bits per heavy atom. The van der Waals surface area contributed by atoms with Crippen LogP contribution in [0.2, 0.25) is 0 Å². The van der Waals surface area contributed by atoms with Gasteiger partial charge < -0.3 is 9.32 Å². The minimum absolute atomic E-state index is 0.0682. The SMILES string of the molecule is Cc1ccc(-c2cc(C(=O)N3CCN(Cc4ccccc4)CC3)n(-c3cccc([N+](=O)[O-])c3)n2)o1. The average molecular weight is 472 g/mol. The number of nitrogens with zero attached hydrogens (tertiary/aromatic N) is 5. The minimum atomic E-state index is -0.461. The third kappa shape index (κ3) is 4.85. The fourth-order valence-corrected chi connectivity index (χ4v) is 4.27. The van der Waals surface area contributed by atoms with Crippen LogP contribution in [0.1, 0.15) is 21.8 Å². The number of rotatable bonds is 6. The smallest absolute Gasteiger partial charge is 0.272 e. The molecule has 0 atom stereocenters. The average Bonchev–Trinajstić information content (AvgIpc) is 3.51. The number of amides is 1. The topological polar surface area (TPSA) is 97.7 Å². The first kappa shape index (κ1) is 22.5. The molecule has 0 radical (unpaired) electrons. The zero-order chi connectivity index (χ0) is 24.4. The third-order valence-corrected chi connectivity index (χ3v) is 6.11. The van der Waals surface area contributed by atoms with Crippen LogP contribution in [0, 0.1) is 17.0 Å². The number of nitro benzene ring substituents is 1. The van der Waals surface area contributed by atoms with Crippen molar-refractivity contribution in [2.45, 2.75) is 13.5 Å². The number of benzene rings is 2. The van der Waals surface area contributed by atoms with Crippen LogP contribution >= 0.6 is 0 Å². The highest BCUT2D eigenvalue weighted by Crippen LogP contribution is 2.26. The Morgan fingerprint density at radius 2 is 1.77 bits per heavy atom. The van der Waals surface area contributed by atoms with Crippen LogP contribution in [-0.4, -0.2) is 56.6 Å². The van der Waals surface area contributed by atoms with Crippen molar-refractivity contribution in [2.24, 2.45) is 0 Å². The molecule has 4 aromatic rings. The molecule has 3 heterocycles. The number of carbonyl (C=O) groups is 1. The fourth-order valence-electron chi connectivity index (χ4n) is 4.27. The monoisotopic (exact) mass is 471 g/mol. The summed E-state index contributed by atoms with van der Waals surface area (Å²) in [6, 6.07) is 21.7. The molecule has 0 unspecified atom stereocenters. The summed E-state index contributed by atoms with van der Waals surface area (Å²) in [7, 11) is 0. The Kier molecular flexibility index (Phi) is 6.15. The van der Waals surface area contributed by atoms with Crippen LogP contribution in [0.5, 0.6) is 0 Å². The Balaban J connectivity index is 1.41. The number of hydrogen-bond donors (Lipinski definition) is 0. The van der Waals surface area contributed by atoms with Gasteiger partial charge in [-0.1, -0.05) is 36.4 Å². The lowest BCUT2D eigenvalue weighted by atomic mass is 10.2. The van der Waals surface area contributed by atoms with Crippen LogP contribution in [0.25, 0.3) is 17.1 Å². The first-order chi connectivity index (χ1) is 17.0. The summed E-state index contributed by atoms with van der Waals surface area (Å²) in [5.74, 6) is 1.10. The van der Waals surface area contributed by atoms with Crippen LogP contribution in [0.4, 0.5) is 5.69 Å². The highest BCUT2D eigenvalue weighted by molar-refractivity contribution is 5.94. The lowest BCUT2D eigenvalue weighted by molar-refractivity contribution is -0.384. The van der Waals surface area contributed by atoms with E-state index in [-0.39, 0.29) is 11.6 Å². The van der Waals surface area contributed by atoms with E-state index in [2.05, 4.69) is 22.1 Å². The molecule has 0 spiro atoms. The van der Waals surface area contributed by atoms with E-state index in [4.69, 9.17) is 4.42 Å². The van der Waals surface area contributed by atoms with Crippen molar-refractivity contribution in [1.29, 1.82) is 0 Å². The molecule has 1 fully saturated rings. The quantitative estimate of drug-likeness (QED) is 0.307. The number of aryl methyl sites for hydroxylation is 1. The first-order valence-corrected chi connectivity index (χ1v) is 11.5. The maximum absolute atomic E-state index is 13.6. The van der Waals surface area contributed by atoms with Gasteiger partial charge in [0.2, 0.25) is 0 Å². The summed E-state index contributed by atoms with van der Waals surface area (Å²) in [6.45, 7) is 5.37. The van der Waals surface area contributed by atoms with E-state index in [0.29, 0.717) is 35.9 Å². The maximum atomic E-state index is 13.6. The van der Waals surface area contributed by atoms with Crippen molar-refractivity contribution in [1.82, 2.24) is 19.6 Å². The molecule has 5 rings (SSSR count). The molecular weight excluding hydrogens is 446 g/mol. The third-order valence-electron chi connectivity index (χ3n) is 6.11. The number of carbonyl (C=O) groups excluding carboxylic acids is 1. The normalized spacial score (nSPS) is 14.3. The maximum Gasteiger partial charge on any atom is 0.272 e. The Bertz CT molecular complexity index is 1350. The van der Waals surface area contributed by atoms with Gasteiger partial charge >= 0.3 is 0 Å². The second-order valence-corrected chi connectivity index (χ2v) is 8.57. The molecule has 0 saturated carbocycles. The molecule has 0 N–H and O–H groups in total. The van der Waals surface area contributed by atoms with Crippen molar-refractivity contribution in [3.8, 4) is 17.1 Å². The van der Waals surface area contributed by atoms with Crippen molar-refractivity contribution < 1.29 is 14.1 Å². The van der Waals surface area contributed by atoms with E-state index in [1.807, 2.05) is 36.1 Å². The van der Waals surface area contributed by atoms with Gasteiger partial charge in [0, 0.05) is 50.9 Å². The summed E-state index contributed by atoms with van der Waals surface area (Å²) in [5, 5.41) is 15.9. The summed E-state index contributed by atoms with van der Waals surface area (Å²) in [5.41, 5.74) is 2.46. The number of nitro groups is 1. The molecule has 178 valence electrons. The van der Waals surface area contributed by atoms with Crippen LogP contribution in [0.3, 0.4) is 0 Å². The zero-order valence-corrected chi connectivity index (χ0v) is 19.3. The van der Waals surface area contributed by atoms with E-state index >= 15 is 0 Å². The van der Waals surface area contributed by atoms with Crippen molar-refractivity contribution in [3.63, 3.8) is 0 Å². The van der Waals surface area contributed by atoms with E-state index in [9.17, 15) is 14.9 Å². The van der Waals surface area contributed by atoms with Crippen molar-refractivity contribution >= 4 is 11.6 Å². The molecule has 9 heteroatoms. The summed E-state index contributed by atoms with van der Waals surface area (Å²) < 4.78 is 7.19. The highest BCUT2D eigenvalue weighted by Gasteiger charge is 2.27. The van der Waals surface area contributed by atoms with Gasteiger partial charge in [0.1, 0.15) is 17.1 Å². The molecular formula is C26H25N5O4. The van der Waals surface area contributed by atoms with E-state index in [1.54, 1.807) is 24.3 Å². The highest BCUT2D eigenvalue weighted by atomic mass is 16.6. The lowest BCUT2D eigenvalue weighted by Gasteiger charge is -2.34. The summed E-state index contributed by atoms with van der Waals surface area (Å²) in [4.78, 5) is 28.6. The number of non-ortho nitro benzene ring substituents is 1. The largest absolute Gasteiger partial charge is 0.460 e. The van der Waals surface area contributed by atoms with Crippen molar-refractivity contribution in [2.75, 3.05) is 26.2 Å². The summed E-state index contributed by atoms with van der Waals surface area (Å²) in [6.07, 6.45) is 0. The molecule has 2 aromatic heterocycles. The minimum Gasteiger partial charge on any atom is -0.460 e. The summed E-state index contributed by atoms with van der Waals surface area (Å²) >= 11 is 0. The standard InChI is InChI=1S/C26H25N5O4/c1-19-10-11-25(35-19)23-17-24(30(27-23)21-8-5-9-22(16-21)31(33)34)26(32)29-14-12-28(13-15-29)18-20-6-3-2-4-7-20/h2-11,16-17H,12-15,18H2,1H3. The molecule has 1 aliphatic rings. The van der Waals surface area contributed by atoms with E-state index in [1.165, 1.54) is 22.4 Å². The van der Waals surface area contributed by atoms with Gasteiger partial charge in [-0.3, -0.25) is 19.8 Å². The fraction of sp³-hybridized carbons (Fsp3) is 0.231. The molecule has 35 heavy (non-hydrogen) atoms. The van der Waals surface area contributed by atoms with E-state index in [0.717, 1.165) is 25.4 Å². The first-order valence-electron chi connectivity index (χ1n) is 11.5.